The maximum absolute atomic E-state index is 13.3. The minimum Gasteiger partial charge on any atom is -0.379 e. The van der Waals surface area contributed by atoms with Crippen molar-refractivity contribution in [3.63, 3.8) is 0 Å². The Morgan fingerprint density at radius 1 is 1.09 bits per heavy atom. The maximum atomic E-state index is 13.3. The van der Waals surface area contributed by atoms with Crippen molar-refractivity contribution in [1.29, 1.82) is 5.26 Å². The van der Waals surface area contributed by atoms with Crippen molar-refractivity contribution in [3.05, 3.63) is 76.0 Å². The molecule has 23 heavy (non-hydrogen) atoms. The number of hydrogen-bond donors (Lipinski definition) is 1. The van der Waals surface area contributed by atoms with Gasteiger partial charge < -0.3 is 5.32 Å². The first-order chi connectivity index (χ1) is 10.9. The number of rotatable bonds is 4. The number of benzene rings is 2. The molecule has 0 amide bonds. The third-order valence-electron chi connectivity index (χ3n) is 3.70. The van der Waals surface area contributed by atoms with Crippen molar-refractivity contribution in [2.45, 2.75) is 20.3 Å². The highest BCUT2D eigenvalue weighted by atomic mass is 19.2. The van der Waals surface area contributed by atoms with E-state index in [2.05, 4.69) is 11.4 Å². The lowest BCUT2D eigenvalue weighted by Gasteiger charge is -2.10. The van der Waals surface area contributed by atoms with Crippen molar-refractivity contribution in [2.75, 3.05) is 7.05 Å². The molecule has 0 heterocycles. The van der Waals surface area contributed by atoms with Crippen molar-refractivity contribution in [1.82, 2.24) is 5.32 Å². The molecular formula is C19H18F2N2. The van der Waals surface area contributed by atoms with Crippen LogP contribution in [-0.4, -0.2) is 7.05 Å². The summed E-state index contributed by atoms with van der Waals surface area (Å²) in [5.74, 6) is -1.68. The largest absolute Gasteiger partial charge is 0.379 e. The summed E-state index contributed by atoms with van der Waals surface area (Å²) >= 11 is 0. The first-order valence-electron chi connectivity index (χ1n) is 7.28. The van der Waals surface area contributed by atoms with Crippen LogP contribution in [-0.2, 0) is 6.42 Å². The van der Waals surface area contributed by atoms with Gasteiger partial charge in [-0.1, -0.05) is 29.8 Å². The Morgan fingerprint density at radius 2 is 1.83 bits per heavy atom. The molecule has 0 aliphatic rings. The molecule has 0 aliphatic carbocycles. The molecule has 2 rings (SSSR count). The van der Waals surface area contributed by atoms with Crippen LogP contribution in [0.5, 0.6) is 0 Å². The molecule has 0 fully saturated rings. The fourth-order valence-corrected chi connectivity index (χ4v) is 2.54. The second kappa shape index (κ2) is 7.06. The van der Waals surface area contributed by atoms with Crippen LogP contribution in [0.2, 0.25) is 0 Å². The maximum Gasteiger partial charge on any atom is 0.159 e. The number of nitriles is 1. The van der Waals surface area contributed by atoms with Crippen molar-refractivity contribution in [3.8, 4) is 6.07 Å². The molecule has 0 radical (unpaired) electrons. The van der Waals surface area contributed by atoms with Gasteiger partial charge in [0, 0.05) is 7.05 Å². The average Bonchev–Trinajstić information content (AvgIpc) is 2.51. The van der Waals surface area contributed by atoms with Crippen LogP contribution in [0.3, 0.4) is 0 Å². The molecule has 0 atom stereocenters. The number of allylic oxidation sites excluding steroid dienone is 2. The van der Waals surface area contributed by atoms with Gasteiger partial charge in [0.05, 0.1) is 0 Å². The third kappa shape index (κ3) is 3.95. The molecule has 1 N–H and O–H groups in total. The Labute approximate surface area is 135 Å². The van der Waals surface area contributed by atoms with Gasteiger partial charge in [-0.15, -0.1) is 0 Å². The molecule has 0 spiro atoms. The fraction of sp³-hybridized carbons (Fsp3) is 0.211. The highest BCUT2D eigenvalue weighted by Crippen LogP contribution is 2.22. The van der Waals surface area contributed by atoms with Crippen LogP contribution in [0.15, 0.2) is 42.1 Å². The van der Waals surface area contributed by atoms with E-state index in [4.69, 9.17) is 5.26 Å². The number of nitrogens with zero attached hydrogens (tertiary/aromatic N) is 1. The number of halogens is 2. The molecule has 2 nitrogen and oxygen atoms in total. The average molecular weight is 312 g/mol. The van der Waals surface area contributed by atoms with Gasteiger partial charge in [0.1, 0.15) is 11.8 Å². The zero-order chi connectivity index (χ0) is 17.0. The van der Waals surface area contributed by atoms with Crippen LogP contribution >= 0.6 is 0 Å². The van der Waals surface area contributed by atoms with Gasteiger partial charge in [-0.3, -0.25) is 0 Å². The predicted molar refractivity (Wildman–Crippen MR) is 87.6 cm³/mol. The zero-order valence-electron chi connectivity index (χ0n) is 13.4. The minimum atomic E-state index is -0.842. The fourth-order valence-electron chi connectivity index (χ4n) is 2.54. The van der Waals surface area contributed by atoms with Crippen LogP contribution in [0.1, 0.15) is 29.2 Å². The molecule has 0 aromatic heterocycles. The second-order valence-electron chi connectivity index (χ2n) is 5.49. The summed E-state index contributed by atoms with van der Waals surface area (Å²) in [4.78, 5) is 0. The summed E-state index contributed by atoms with van der Waals surface area (Å²) in [6, 6.07) is 12.0. The summed E-state index contributed by atoms with van der Waals surface area (Å²) in [6.07, 6.45) is 0.501. The smallest absolute Gasteiger partial charge is 0.159 e. The van der Waals surface area contributed by atoms with Gasteiger partial charge in [-0.25, -0.2) is 8.78 Å². The minimum absolute atomic E-state index is 0.501. The lowest BCUT2D eigenvalue weighted by Crippen LogP contribution is -2.06. The van der Waals surface area contributed by atoms with E-state index in [1.165, 1.54) is 6.07 Å². The van der Waals surface area contributed by atoms with Gasteiger partial charge >= 0.3 is 0 Å². The van der Waals surface area contributed by atoms with E-state index < -0.39 is 11.6 Å². The standard InChI is InChI=1S/C19H18F2N2/c1-12-6-15(8-14-4-5-17(20)18(21)10-14)9-16(7-12)13(2)19(11-22)23-3/h4-7,9-10,23H,8H2,1-3H3/b19-13+. The lowest BCUT2D eigenvalue weighted by atomic mass is 9.96. The molecule has 2 aromatic carbocycles. The van der Waals surface area contributed by atoms with E-state index in [1.54, 1.807) is 13.1 Å². The van der Waals surface area contributed by atoms with Crippen LogP contribution in [0, 0.1) is 29.9 Å². The molecule has 118 valence electrons. The van der Waals surface area contributed by atoms with E-state index in [0.717, 1.165) is 28.3 Å². The summed E-state index contributed by atoms with van der Waals surface area (Å²) in [5.41, 5.74) is 5.04. The van der Waals surface area contributed by atoms with Gasteiger partial charge in [0.15, 0.2) is 11.6 Å². The normalized spacial score (nSPS) is 11.7. The van der Waals surface area contributed by atoms with Crippen LogP contribution < -0.4 is 5.32 Å². The van der Waals surface area contributed by atoms with E-state index in [9.17, 15) is 8.78 Å². The molecule has 0 aliphatic heterocycles. The highest BCUT2D eigenvalue weighted by molar-refractivity contribution is 5.70. The number of aryl methyl sites for hydroxylation is 1. The Balaban J connectivity index is 2.39. The molecule has 0 saturated carbocycles. The van der Waals surface area contributed by atoms with E-state index >= 15 is 0 Å². The Hall–Kier alpha value is -2.67. The zero-order valence-corrected chi connectivity index (χ0v) is 13.4. The Bertz CT molecular complexity index is 802. The van der Waals surface area contributed by atoms with E-state index in [0.29, 0.717) is 17.7 Å². The number of hydrogen-bond acceptors (Lipinski definition) is 2. The summed E-state index contributed by atoms with van der Waals surface area (Å²) in [6.45, 7) is 3.85. The molecule has 0 unspecified atom stereocenters. The van der Waals surface area contributed by atoms with Crippen LogP contribution in [0.25, 0.3) is 5.57 Å². The quantitative estimate of drug-likeness (QED) is 0.853. The Kier molecular flexibility index (Phi) is 5.13. The monoisotopic (exact) mass is 312 g/mol. The van der Waals surface area contributed by atoms with Crippen molar-refractivity contribution in [2.24, 2.45) is 0 Å². The van der Waals surface area contributed by atoms with Gasteiger partial charge in [-0.2, -0.15) is 5.26 Å². The van der Waals surface area contributed by atoms with E-state index in [1.807, 2.05) is 32.0 Å². The van der Waals surface area contributed by atoms with Crippen molar-refractivity contribution < 1.29 is 8.78 Å². The second-order valence-corrected chi connectivity index (χ2v) is 5.49. The SMILES string of the molecule is CN/C(C#N)=C(\C)c1cc(C)cc(Cc2ccc(F)c(F)c2)c1. The summed E-state index contributed by atoms with van der Waals surface area (Å²) in [5, 5.41) is 12.0. The molecule has 0 saturated heterocycles. The Morgan fingerprint density at radius 3 is 2.43 bits per heavy atom. The predicted octanol–water partition coefficient (Wildman–Crippen LogP) is 4.34. The van der Waals surface area contributed by atoms with Crippen molar-refractivity contribution >= 4 is 5.57 Å². The summed E-state index contributed by atoms with van der Waals surface area (Å²) in [7, 11) is 1.71. The highest BCUT2D eigenvalue weighted by Gasteiger charge is 2.08. The van der Waals surface area contributed by atoms with Crippen LogP contribution in [0.4, 0.5) is 8.78 Å². The van der Waals surface area contributed by atoms with Gasteiger partial charge in [0.25, 0.3) is 0 Å². The van der Waals surface area contributed by atoms with Gasteiger partial charge in [0.2, 0.25) is 0 Å². The first kappa shape index (κ1) is 16.7. The number of nitrogens with one attached hydrogen (secondary N) is 1. The molecular weight excluding hydrogens is 294 g/mol. The molecule has 4 heteroatoms. The summed E-state index contributed by atoms with van der Waals surface area (Å²) < 4.78 is 26.4. The first-order valence-corrected chi connectivity index (χ1v) is 7.28. The topological polar surface area (TPSA) is 35.8 Å². The lowest BCUT2D eigenvalue weighted by molar-refractivity contribution is 0.507. The molecule has 2 aromatic rings. The van der Waals surface area contributed by atoms with E-state index in [-0.39, 0.29) is 0 Å². The third-order valence-corrected chi connectivity index (χ3v) is 3.70. The van der Waals surface area contributed by atoms with Gasteiger partial charge in [-0.05, 0) is 54.7 Å². The molecule has 0 bridgehead atoms.